The molecule has 108 valence electrons. The molecule has 21 heavy (non-hydrogen) atoms. The average Bonchev–Trinajstić information content (AvgIpc) is 3.06. The first-order valence-electron chi connectivity index (χ1n) is 6.46. The molecule has 1 fully saturated rings. The summed E-state index contributed by atoms with van der Waals surface area (Å²) in [5, 5.41) is 10.7. The Kier molecular flexibility index (Phi) is 3.81. The number of aliphatic hydroxyl groups excluding tert-OH is 1. The number of aliphatic hydroxyl groups is 1. The van der Waals surface area contributed by atoms with Gasteiger partial charge in [0.25, 0.3) is 5.24 Å². The molecule has 1 atom stereocenters. The lowest BCUT2D eigenvalue weighted by Gasteiger charge is -2.02. The maximum absolute atomic E-state index is 11.5. The summed E-state index contributed by atoms with van der Waals surface area (Å²) < 4.78 is 5.73. The van der Waals surface area contributed by atoms with Gasteiger partial charge in [-0.3, -0.25) is 14.9 Å². The zero-order valence-electron chi connectivity index (χ0n) is 11.0. The van der Waals surface area contributed by atoms with Crippen LogP contribution in [-0.4, -0.2) is 21.5 Å². The maximum Gasteiger partial charge on any atom is 0.286 e. The predicted molar refractivity (Wildman–Crippen MR) is 78.7 cm³/mol. The van der Waals surface area contributed by atoms with Crippen molar-refractivity contribution >= 4 is 22.9 Å². The van der Waals surface area contributed by atoms with Crippen LogP contribution in [0.15, 0.2) is 40.8 Å². The summed E-state index contributed by atoms with van der Waals surface area (Å²) in [4.78, 5) is 22.7. The molecule has 1 aliphatic heterocycles. The molecule has 0 saturated carbocycles. The van der Waals surface area contributed by atoms with E-state index >= 15 is 0 Å². The minimum absolute atomic E-state index is 0.0254. The van der Waals surface area contributed by atoms with Crippen molar-refractivity contribution in [2.24, 2.45) is 0 Å². The van der Waals surface area contributed by atoms with Gasteiger partial charge in [-0.15, -0.1) is 0 Å². The van der Waals surface area contributed by atoms with E-state index in [0.29, 0.717) is 17.9 Å². The van der Waals surface area contributed by atoms with E-state index in [-0.39, 0.29) is 17.8 Å². The molecule has 2 amide bonds. The number of imide groups is 1. The second-order valence-corrected chi connectivity index (χ2v) is 5.89. The zero-order chi connectivity index (χ0) is 14.8. The number of thioether (sulfide) groups is 1. The molecule has 0 aliphatic carbocycles. The van der Waals surface area contributed by atoms with Crippen molar-refractivity contribution < 1.29 is 19.1 Å². The number of carbonyl (C=O) groups excluding carboxylic acids is 2. The van der Waals surface area contributed by atoms with Gasteiger partial charge in [0, 0.05) is 12.0 Å². The van der Waals surface area contributed by atoms with Crippen molar-refractivity contribution in [1.82, 2.24) is 5.32 Å². The van der Waals surface area contributed by atoms with Gasteiger partial charge in [-0.2, -0.15) is 0 Å². The monoisotopic (exact) mass is 303 g/mol. The fraction of sp³-hybridized carbons (Fsp3) is 0.200. The van der Waals surface area contributed by atoms with Crippen LogP contribution in [0.25, 0.3) is 11.3 Å². The second kappa shape index (κ2) is 5.75. The largest absolute Gasteiger partial charge is 0.461 e. The van der Waals surface area contributed by atoms with Crippen LogP contribution in [0.3, 0.4) is 0 Å². The van der Waals surface area contributed by atoms with Crippen LogP contribution in [0.5, 0.6) is 0 Å². The van der Waals surface area contributed by atoms with Crippen LogP contribution in [0.4, 0.5) is 4.79 Å². The van der Waals surface area contributed by atoms with Gasteiger partial charge in [-0.25, -0.2) is 0 Å². The Labute approximate surface area is 125 Å². The molecular formula is C15H13NO4S. The minimum Gasteiger partial charge on any atom is -0.461 e. The lowest BCUT2D eigenvalue weighted by Crippen LogP contribution is -2.25. The van der Waals surface area contributed by atoms with Crippen molar-refractivity contribution in [1.29, 1.82) is 0 Å². The Morgan fingerprint density at radius 1 is 1.24 bits per heavy atom. The highest BCUT2D eigenvalue weighted by Crippen LogP contribution is 2.27. The molecule has 1 saturated heterocycles. The molecule has 2 heterocycles. The predicted octanol–water partition coefficient (Wildman–Crippen LogP) is 2.33. The smallest absolute Gasteiger partial charge is 0.286 e. The number of nitrogens with one attached hydrogen (secondary N) is 1. The highest BCUT2D eigenvalue weighted by Gasteiger charge is 2.32. The van der Waals surface area contributed by atoms with Crippen LogP contribution in [0.2, 0.25) is 0 Å². The summed E-state index contributed by atoms with van der Waals surface area (Å²) >= 11 is 0.987. The lowest BCUT2D eigenvalue weighted by molar-refractivity contribution is -0.119. The quantitative estimate of drug-likeness (QED) is 0.906. The van der Waals surface area contributed by atoms with E-state index in [1.807, 2.05) is 30.3 Å². The third-order valence-corrected chi connectivity index (χ3v) is 4.19. The average molecular weight is 303 g/mol. The van der Waals surface area contributed by atoms with Gasteiger partial charge in [-0.1, -0.05) is 30.0 Å². The first kappa shape index (κ1) is 13.9. The molecule has 1 unspecified atom stereocenters. The molecule has 5 nitrogen and oxygen atoms in total. The first-order chi connectivity index (χ1) is 10.2. The van der Waals surface area contributed by atoms with Gasteiger partial charge in [0.05, 0.1) is 6.61 Å². The summed E-state index contributed by atoms with van der Waals surface area (Å²) in [7, 11) is 0. The van der Waals surface area contributed by atoms with Gasteiger partial charge < -0.3 is 9.52 Å². The molecule has 0 radical (unpaired) electrons. The highest BCUT2D eigenvalue weighted by molar-refractivity contribution is 8.15. The third kappa shape index (κ3) is 3.01. The van der Waals surface area contributed by atoms with Gasteiger partial charge in [0.15, 0.2) is 0 Å². The van der Waals surface area contributed by atoms with E-state index in [9.17, 15) is 9.59 Å². The normalized spacial score (nSPS) is 18.0. The van der Waals surface area contributed by atoms with Crippen molar-refractivity contribution in [3.05, 3.63) is 47.7 Å². The van der Waals surface area contributed by atoms with Gasteiger partial charge in [-0.05, 0) is 23.8 Å². The number of furan rings is 1. The molecule has 2 aromatic rings. The van der Waals surface area contributed by atoms with Gasteiger partial charge in [0.1, 0.15) is 16.8 Å². The van der Waals surface area contributed by atoms with E-state index in [4.69, 9.17) is 9.52 Å². The molecule has 1 aliphatic rings. The molecular weight excluding hydrogens is 290 g/mol. The van der Waals surface area contributed by atoms with E-state index in [0.717, 1.165) is 22.9 Å². The number of hydrogen-bond acceptors (Lipinski definition) is 5. The summed E-state index contributed by atoms with van der Waals surface area (Å²) in [6, 6.07) is 11.1. The number of carbonyl (C=O) groups is 2. The molecule has 6 heteroatoms. The zero-order valence-corrected chi connectivity index (χ0v) is 11.9. The molecule has 2 N–H and O–H groups in total. The second-order valence-electron chi connectivity index (χ2n) is 4.71. The van der Waals surface area contributed by atoms with E-state index in [1.165, 1.54) is 0 Å². The maximum atomic E-state index is 11.5. The van der Waals surface area contributed by atoms with E-state index < -0.39 is 5.25 Å². The van der Waals surface area contributed by atoms with Gasteiger partial charge >= 0.3 is 0 Å². The topological polar surface area (TPSA) is 79.5 Å². The fourth-order valence-corrected chi connectivity index (χ4v) is 3.01. The summed E-state index contributed by atoms with van der Waals surface area (Å²) in [6.07, 6.45) is 0.377. The molecule has 0 bridgehead atoms. The first-order valence-corrected chi connectivity index (χ1v) is 7.34. The van der Waals surface area contributed by atoms with E-state index in [2.05, 4.69) is 5.32 Å². The van der Waals surface area contributed by atoms with Crippen LogP contribution in [-0.2, 0) is 17.8 Å². The Balaban J connectivity index is 1.77. The highest BCUT2D eigenvalue weighted by atomic mass is 32.2. The number of amides is 2. The minimum atomic E-state index is -0.430. The standard InChI is InChI=1S/C15H13NO4S/c17-8-9-2-1-3-10(6-9)12-5-4-11(20-12)7-13-14(18)16-15(19)21-13/h1-6,13,17H,7-8H2,(H,16,18,19). The third-order valence-electron chi connectivity index (χ3n) is 3.21. The van der Waals surface area contributed by atoms with Crippen molar-refractivity contribution in [2.45, 2.75) is 18.3 Å². The van der Waals surface area contributed by atoms with Crippen molar-refractivity contribution in [3.63, 3.8) is 0 Å². The van der Waals surface area contributed by atoms with E-state index in [1.54, 1.807) is 6.07 Å². The molecule has 3 rings (SSSR count). The van der Waals surface area contributed by atoms with Crippen molar-refractivity contribution in [3.8, 4) is 11.3 Å². The Hall–Kier alpha value is -2.05. The molecule has 0 spiro atoms. The Bertz CT molecular complexity index is 694. The number of benzene rings is 1. The molecule has 1 aromatic heterocycles. The van der Waals surface area contributed by atoms with Crippen molar-refractivity contribution in [2.75, 3.05) is 0 Å². The summed E-state index contributed by atoms with van der Waals surface area (Å²) in [6.45, 7) is -0.0254. The summed E-state index contributed by atoms with van der Waals surface area (Å²) in [5.41, 5.74) is 1.68. The number of rotatable bonds is 4. The van der Waals surface area contributed by atoms with Gasteiger partial charge in [0.2, 0.25) is 5.91 Å². The van der Waals surface area contributed by atoms with Crippen LogP contribution < -0.4 is 5.32 Å². The Morgan fingerprint density at radius 3 is 2.81 bits per heavy atom. The summed E-state index contributed by atoms with van der Waals surface area (Å²) in [5.74, 6) is 1.06. The lowest BCUT2D eigenvalue weighted by atomic mass is 10.1. The Morgan fingerprint density at radius 2 is 2.10 bits per heavy atom. The molecule has 1 aromatic carbocycles. The SMILES string of the molecule is O=C1NC(=O)C(Cc2ccc(-c3cccc(CO)c3)o2)S1. The van der Waals surface area contributed by atoms with Crippen LogP contribution >= 0.6 is 11.8 Å². The number of hydrogen-bond donors (Lipinski definition) is 2. The van der Waals surface area contributed by atoms with Crippen LogP contribution in [0.1, 0.15) is 11.3 Å². The fourth-order valence-electron chi connectivity index (χ4n) is 2.18. The van der Waals surface area contributed by atoms with Crippen LogP contribution in [0, 0.1) is 0 Å².